The fraction of sp³-hybridized carbons (Fsp3) is 0.421. The Balaban J connectivity index is 1.69. The van der Waals surface area contributed by atoms with Gasteiger partial charge in [-0.05, 0) is 66.8 Å². The van der Waals surface area contributed by atoms with E-state index in [0.717, 1.165) is 18.4 Å². The van der Waals surface area contributed by atoms with Gasteiger partial charge < -0.3 is 4.90 Å². The van der Waals surface area contributed by atoms with Crippen molar-refractivity contribution >= 4 is 27.1 Å². The van der Waals surface area contributed by atoms with E-state index in [2.05, 4.69) is 11.4 Å². The molecule has 1 aromatic heterocycles. The van der Waals surface area contributed by atoms with E-state index in [1.807, 2.05) is 10.3 Å². The molecule has 2 aromatic rings. The molecular formula is C19H23NO3S2. The van der Waals surface area contributed by atoms with Crippen LogP contribution in [0.1, 0.15) is 37.8 Å². The van der Waals surface area contributed by atoms with Crippen LogP contribution < -0.4 is 0 Å². The van der Waals surface area contributed by atoms with Crippen molar-refractivity contribution in [3.05, 3.63) is 52.2 Å². The van der Waals surface area contributed by atoms with Crippen LogP contribution in [0.25, 0.3) is 0 Å². The molecule has 6 heteroatoms. The highest BCUT2D eigenvalue weighted by atomic mass is 32.2. The Kier molecular flexibility index (Phi) is 5.29. The van der Waals surface area contributed by atoms with Crippen LogP contribution in [0.15, 0.2) is 46.0 Å². The second kappa shape index (κ2) is 7.30. The number of carbonyl (C=O) groups excluding carboxylic acids is 1. The zero-order chi connectivity index (χ0) is 18.0. The molecule has 0 aliphatic heterocycles. The van der Waals surface area contributed by atoms with Gasteiger partial charge in [0.05, 0.1) is 16.6 Å². The second-order valence-electron chi connectivity index (χ2n) is 6.80. The van der Waals surface area contributed by atoms with Gasteiger partial charge in [0.25, 0.3) is 0 Å². The summed E-state index contributed by atoms with van der Waals surface area (Å²) in [5.74, 6) is 0.105. The molecule has 1 aliphatic carbocycles. The minimum absolute atomic E-state index is 0.105. The summed E-state index contributed by atoms with van der Waals surface area (Å²) in [5.41, 5.74) is 2.02. The van der Waals surface area contributed by atoms with Crippen LogP contribution in [0.3, 0.4) is 0 Å². The van der Waals surface area contributed by atoms with Gasteiger partial charge in [-0.25, -0.2) is 8.42 Å². The lowest BCUT2D eigenvalue weighted by Crippen LogP contribution is -2.33. The van der Waals surface area contributed by atoms with Crippen LogP contribution in [0.4, 0.5) is 0 Å². The largest absolute Gasteiger partial charge is 0.335 e. The third-order valence-electron chi connectivity index (χ3n) is 4.47. The highest BCUT2D eigenvalue weighted by Crippen LogP contribution is 2.29. The van der Waals surface area contributed by atoms with E-state index in [-0.39, 0.29) is 5.91 Å². The van der Waals surface area contributed by atoms with Gasteiger partial charge >= 0.3 is 0 Å². The molecule has 1 aliphatic rings. The minimum atomic E-state index is -3.27. The van der Waals surface area contributed by atoms with Crippen molar-refractivity contribution in [3.8, 4) is 0 Å². The Labute approximate surface area is 153 Å². The number of hydrogen-bond donors (Lipinski definition) is 0. The summed E-state index contributed by atoms with van der Waals surface area (Å²) in [7, 11) is -3.27. The summed E-state index contributed by atoms with van der Waals surface area (Å²) in [5, 5.41) is 3.66. The Morgan fingerprint density at radius 3 is 2.36 bits per heavy atom. The summed E-state index contributed by atoms with van der Waals surface area (Å²) >= 11 is 1.64. The van der Waals surface area contributed by atoms with Crippen LogP contribution in [-0.2, 0) is 27.6 Å². The van der Waals surface area contributed by atoms with E-state index in [4.69, 9.17) is 0 Å². The predicted octanol–water partition coefficient (Wildman–Crippen LogP) is 3.66. The van der Waals surface area contributed by atoms with Crippen molar-refractivity contribution in [2.24, 2.45) is 0 Å². The molecule has 0 radical (unpaired) electrons. The molecule has 25 heavy (non-hydrogen) atoms. The maximum atomic E-state index is 12.7. The predicted molar refractivity (Wildman–Crippen MR) is 100 cm³/mol. The molecular weight excluding hydrogens is 354 g/mol. The van der Waals surface area contributed by atoms with Crippen molar-refractivity contribution in [1.29, 1.82) is 0 Å². The topological polar surface area (TPSA) is 54.5 Å². The molecule has 0 spiro atoms. The number of benzene rings is 1. The lowest BCUT2D eigenvalue weighted by atomic mass is 10.1. The Hall–Kier alpha value is -1.66. The molecule has 0 atom stereocenters. The average Bonchev–Trinajstić information content (AvgIpc) is 3.28. The summed E-state index contributed by atoms with van der Waals surface area (Å²) in [6.45, 7) is 4.00. The Morgan fingerprint density at radius 1 is 1.16 bits per heavy atom. The molecule has 0 bridgehead atoms. The second-order valence-corrected chi connectivity index (χ2v) is 10.1. The molecule has 3 rings (SSSR count). The Bertz CT molecular complexity index is 820. The van der Waals surface area contributed by atoms with Gasteiger partial charge in [-0.1, -0.05) is 12.1 Å². The van der Waals surface area contributed by atoms with Crippen LogP contribution in [-0.4, -0.2) is 30.5 Å². The first-order chi connectivity index (χ1) is 11.9. The standard InChI is InChI=1S/C19H23NO3S2/c1-14(2)25(22,23)18-7-3-15(4-8-18)11-19(21)20(17-5-6-17)12-16-9-10-24-13-16/h3-4,7-10,13-14,17H,5-6,11-12H2,1-2H3. The quantitative estimate of drug-likeness (QED) is 0.740. The summed E-state index contributed by atoms with van der Waals surface area (Å²) in [4.78, 5) is 15.0. The van der Waals surface area contributed by atoms with Crippen molar-refractivity contribution in [3.63, 3.8) is 0 Å². The Morgan fingerprint density at radius 2 is 1.84 bits per heavy atom. The van der Waals surface area contributed by atoms with Crippen molar-refractivity contribution in [2.75, 3.05) is 0 Å². The van der Waals surface area contributed by atoms with Crippen molar-refractivity contribution in [2.45, 2.75) is 55.8 Å². The highest BCUT2D eigenvalue weighted by molar-refractivity contribution is 7.92. The molecule has 0 N–H and O–H groups in total. The lowest BCUT2D eigenvalue weighted by Gasteiger charge is -2.22. The molecule has 1 saturated carbocycles. The summed E-state index contributed by atoms with van der Waals surface area (Å²) < 4.78 is 24.3. The van der Waals surface area contributed by atoms with Gasteiger partial charge in [0.15, 0.2) is 9.84 Å². The van der Waals surface area contributed by atoms with Crippen LogP contribution in [0.5, 0.6) is 0 Å². The van der Waals surface area contributed by atoms with Gasteiger partial charge in [0.2, 0.25) is 5.91 Å². The van der Waals surface area contributed by atoms with E-state index in [1.165, 1.54) is 5.56 Å². The number of rotatable bonds is 7. The number of sulfone groups is 1. The number of thiophene rings is 1. The number of amides is 1. The smallest absolute Gasteiger partial charge is 0.227 e. The number of hydrogen-bond acceptors (Lipinski definition) is 4. The normalized spacial score (nSPS) is 14.7. The monoisotopic (exact) mass is 377 g/mol. The number of carbonyl (C=O) groups is 1. The molecule has 1 fully saturated rings. The lowest BCUT2D eigenvalue weighted by molar-refractivity contribution is -0.131. The van der Waals surface area contributed by atoms with Gasteiger partial charge in [-0.3, -0.25) is 4.79 Å². The maximum Gasteiger partial charge on any atom is 0.227 e. The SMILES string of the molecule is CC(C)S(=O)(=O)c1ccc(CC(=O)N(Cc2ccsc2)C2CC2)cc1. The van der Waals surface area contributed by atoms with Crippen molar-refractivity contribution in [1.82, 2.24) is 4.90 Å². The van der Waals surface area contributed by atoms with E-state index in [9.17, 15) is 13.2 Å². The van der Waals surface area contributed by atoms with Gasteiger partial charge in [-0.15, -0.1) is 0 Å². The maximum absolute atomic E-state index is 12.7. The van der Waals surface area contributed by atoms with E-state index in [1.54, 1.807) is 49.4 Å². The van der Waals surface area contributed by atoms with Crippen LogP contribution in [0, 0.1) is 0 Å². The van der Waals surface area contributed by atoms with Gasteiger partial charge in [0, 0.05) is 12.6 Å². The summed E-state index contributed by atoms with van der Waals surface area (Å²) in [6.07, 6.45) is 2.45. The van der Waals surface area contributed by atoms with Gasteiger partial charge in [-0.2, -0.15) is 11.3 Å². The third-order valence-corrected chi connectivity index (χ3v) is 7.37. The molecule has 0 unspecified atom stereocenters. The first kappa shape index (κ1) is 18.1. The molecule has 1 heterocycles. The van der Waals surface area contributed by atoms with Crippen molar-refractivity contribution < 1.29 is 13.2 Å². The summed E-state index contributed by atoms with van der Waals surface area (Å²) in [6, 6.07) is 9.13. The van der Waals surface area contributed by atoms with E-state index in [0.29, 0.717) is 23.9 Å². The number of nitrogens with zero attached hydrogens (tertiary/aromatic N) is 1. The van der Waals surface area contributed by atoms with Gasteiger partial charge in [0.1, 0.15) is 0 Å². The molecule has 0 saturated heterocycles. The van der Waals surface area contributed by atoms with Crippen LogP contribution in [0.2, 0.25) is 0 Å². The third kappa shape index (κ3) is 4.30. The fourth-order valence-corrected chi connectivity index (χ4v) is 4.45. The fourth-order valence-electron chi connectivity index (χ4n) is 2.73. The molecule has 1 aromatic carbocycles. The molecule has 1 amide bonds. The molecule has 4 nitrogen and oxygen atoms in total. The zero-order valence-corrected chi connectivity index (χ0v) is 16.1. The average molecular weight is 378 g/mol. The zero-order valence-electron chi connectivity index (χ0n) is 14.5. The van der Waals surface area contributed by atoms with E-state index < -0.39 is 15.1 Å². The van der Waals surface area contributed by atoms with E-state index >= 15 is 0 Å². The first-order valence-corrected chi connectivity index (χ1v) is 11.0. The molecule has 134 valence electrons. The highest BCUT2D eigenvalue weighted by Gasteiger charge is 2.32. The first-order valence-electron chi connectivity index (χ1n) is 8.51. The van der Waals surface area contributed by atoms with Crippen LogP contribution >= 0.6 is 11.3 Å². The minimum Gasteiger partial charge on any atom is -0.335 e.